The maximum Gasteiger partial charge on any atom is 0.0641 e. The van der Waals surface area contributed by atoms with Crippen LogP contribution in [0.1, 0.15) is 22.3 Å². The van der Waals surface area contributed by atoms with Crippen LogP contribution in [0.15, 0.2) is 170 Å². The highest BCUT2D eigenvalue weighted by Gasteiger charge is 2.24. The van der Waals surface area contributed by atoms with E-state index >= 15 is 0 Å². The maximum atomic E-state index is 2.52. The molecule has 2 nitrogen and oxygen atoms in total. The minimum Gasteiger partial charge on any atom is -0.309 e. The molecule has 242 valence electrons. The maximum absolute atomic E-state index is 2.52. The fourth-order valence-corrected chi connectivity index (χ4v) is 9.45. The van der Waals surface area contributed by atoms with Gasteiger partial charge in [-0.05, 0) is 117 Å². The number of hydrogen-bond acceptors (Lipinski definition) is 0. The second-order valence-corrected chi connectivity index (χ2v) is 14.5. The zero-order valence-corrected chi connectivity index (χ0v) is 28.5. The first-order chi connectivity index (χ1) is 25.8. The van der Waals surface area contributed by atoms with E-state index in [0.717, 1.165) is 12.8 Å². The highest BCUT2D eigenvalue weighted by molar-refractivity contribution is 6.26. The predicted octanol–water partition coefficient (Wildman–Crippen LogP) is 12.7. The van der Waals surface area contributed by atoms with E-state index in [0.29, 0.717) is 0 Å². The fraction of sp³-hybridized carbons (Fsp3) is 0.0400. The van der Waals surface area contributed by atoms with Gasteiger partial charge in [0.1, 0.15) is 0 Å². The lowest BCUT2D eigenvalue weighted by atomic mass is 9.96. The van der Waals surface area contributed by atoms with Gasteiger partial charge in [-0.15, -0.1) is 0 Å². The number of fused-ring (bicyclic) bond motifs is 13. The Kier molecular flexibility index (Phi) is 5.64. The van der Waals surface area contributed by atoms with Crippen molar-refractivity contribution in [3.05, 3.63) is 192 Å². The van der Waals surface area contributed by atoms with E-state index in [1.165, 1.54) is 111 Å². The summed E-state index contributed by atoms with van der Waals surface area (Å²) in [5, 5.41) is 5.12. The van der Waals surface area contributed by atoms with Crippen LogP contribution >= 0.6 is 0 Å². The van der Waals surface area contributed by atoms with Crippen LogP contribution in [0.25, 0.3) is 88.4 Å². The van der Waals surface area contributed by atoms with Crippen LogP contribution in [0.3, 0.4) is 0 Å². The molecule has 0 atom stereocenters. The molecule has 2 aliphatic rings. The molecule has 0 spiro atoms. The van der Waals surface area contributed by atoms with Crippen molar-refractivity contribution in [3.8, 4) is 44.8 Å². The fourth-order valence-electron chi connectivity index (χ4n) is 9.45. The summed E-state index contributed by atoms with van der Waals surface area (Å²) in [7, 11) is 0. The van der Waals surface area contributed by atoms with Gasteiger partial charge in [-0.3, -0.25) is 0 Å². The third kappa shape index (κ3) is 3.84. The quantitative estimate of drug-likeness (QED) is 0.178. The minimum atomic E-state index is 0.943. The van der Waals surface area contributed by atoms with Crippen molar-refractivity contribution in [2.75, 3.05) is 0 Å². The van der Waals surface area contributed by atoms with Crippen molar-refractivity contribution in [1.82, 2.24) is 9.13 Å². The lowest BCUT2D eigenvalue weighted by Gasteiger charge is -2.12. The largest absolute Gasteiger partial charge is 0.309 e. The van der Waals surface area contributed by atoms with Crippen molar-refractivity contribution >= 4 is 43.6 Å². The molecule has 0 fully saturated rings. The number of para-hydroxylation sites is 3. The highest BCUT2D eigenvalue weighted by Crippen LogP contribution is 2.45. The van der Waals surface area contributed by atoms with Gasteiger partial charge in [0.2, 0.25) is 0 Å². The van der Waals surface area contributed by atoms with Gasteiger partial charge in [0.05, 0.1) is 22.1 Å². The summed E-state index contributed by atoms with van der Waals surface area (Å²) in [6, 6.07) is 63.3. The van der Waals surface area contributed by atoms with Crippen molar-refractivity contribution < 1.29 is 0 Å². The normalized spacial score (nSPS) is 12.8. The van der Waals surface area contributed by atoms with Gasteiger partial charge in [-0.25, -0.2) is 0 Å². The summed E-state index contributed by atoms with van der Waals surface area (Å²) in [4.78, 5) is 0. The summed E-state index contributed by atoms with van der Waals surface area (Å²) in [5.41, 5.74) is 21.0. The van der Waals surface area contributed by atoms with E-state index in [1.54, 1.807) is 0 Å². The lowest BCUT2D eigenvalue weighted by Crippen LogP contribution is -1.96. The van der Waals surface area contributed by atoms with Crippen LogP contribution in [-0.4, -0.2) is 9.13 Å². The Morgan fingerprint density at radius 1 is 0.327 bits per heavy atom. The molecule has 0 radical (unpaired) electrons. The first-order valence-electron chi connectivity index (χ1n) is 18.3. The molecular formula is C50H32N2. The Hall–Kier alpha value is -6.64. The van der Waals surface area contributed by atoms with Crippen LogP contribution in [0.2, 0.25) is 0 Å². The van der Waals surface area contributed by atoms with Gasteiger partial charge in [-0.1, -0.05) is 121 Å². The molecule has 0 bridgehead atoms. The second-order valence-electron chi connectivity index (χ2n) is 14.5. The third-order valence-electron chi connectivity index (χ3n) is 11.7. The zero-order valence-electron chi connectivity index (χ0n) is 28.5. The molecule has 0 aliphatic heterocycles. The van der Waals surface area contributed by atoms with Gasteiger partial charge in [0, 0.05) is 32.9 Å². The molecule has 0 saturated heterocycles. The van der Waals surface area contributed by atoms with Crippen molar-refractivity contribution in [1.29, 1.82) is 0 Å². The van der Waals surface area contributed by atoms with Gasteiger partial charge < -0.3 is 9.13 Å². The van der Waals surface area contributed by atoms with Crippen molar-refractivity contribution in [2.45, 2.75) is 12.8 Å². The molecule has 2 aromatic heterocycles. The van der Waals surface area contributed by atoms with E-state index in [1.807, 2.05) is 0 Å². The first kappa shape index (κ1) is 28.1. The van der Waals surface area contributed by atoms with E-state index in [-0.39, 0.29) is 0 Å². The van der Waals surface area contributed by atoms with E-state index < -0.39 is 0 Å². The molecule has 12 rings (SSSR count). The molecular weight excluding hydrogens is 629 g/mol. The highest BCUT2D eigenvalue weighted by atomic mass is 15.0. The number of rotatable bonds is 3. The van der Waals surface area contributed by atoms with Crippen molar-refractivity contribution in [2.24, 2.45) is 0 Å². The molecule has 0 saturated carbocycles. The number of benzene rings is 8. The average molecular weight is 661 g/mol. The van der Waals surface area contributed by atoms with Gasteiger partial charge >= 0.3 is 0 Å². The monoisotopic (exact) mass is 660 g/mol. The molecule has 52 heavy (non-hydrogen) atoms. The van der Waals surface area contributed by atoms with Crippen LogP contribution in [0.5, 0.6) is 0 Å². The molecule has 0 unspecified atom stereocenters. The van der Waals surface area contributed by atoms with Gasteiger partial charge in [0.25, 0.3) is 0 Å². The summed E-state index contributed by atoms with van der Waals surface area (Å²) in [5.74, 6) is 0. The minimum absolute atomic E-state index is 0.943. The smallest absolute Gasteiger partial charge is 0.0641 e. The summed E-state index contributed by atoms with van der Waals surface area (Å²) in [6.07, 6.45) is 1.95. The van der Waals surface area contributed by atoms with Crippen LogP contribution < -0.4 is 0 Å². The zero-order chi connectivity index (χ0) is 33.9. The summed E-state index contributed by atoms with van der Waals surface area (Å²) >= 11 is 0. The number of aromatic nitrogens is 2. The van der Waals surface area contributed by atoms with E-state index in [2.05, 4.69) is 179 Å². The van der Waals surface area contributed by atoms with E-state index in [4.69, 9.17) is 0 Å². The molecule has 8 aromatic carbocycles. The number of hydrogen-bond donors (Lipinski definition) is 0. The Balaban J connectivity index is 1.03. The Morgan fingerprint density at radius 3 is 1.85 bits per heavy atom. The molecule has 0 N–H and O–H groups in total. The molecule has 2 heterocycles. The molecule has 0 amide bonds. The first-order valence-corrected chi connectivity index (χ1v) is 18.3. The average Bonchev–Trinajstić information content (AvgIpc) is 3.94. The Morgan fingerprint density at radius 2 is 0.962 bits per heavy atom. The lowest BCUT2D eigenvalue weighted by molar-refractivity contribution is 1.16. The molecule has 10 aromatic rings. The van der Waals surface area contributed by atoms with Gasteiger partial charge in [0.15, 0.2) is 0 Å². The second kappa shape index (κ2) is 10.4. The predicted molar refractivity (Wildman–Crippen MR) is 217 cm³/mol. The van der Waals surface area contributed by atoms with E-state index in [9.17, 15) is 0 Å². The number of nitrogens with zero attached hydrogens (tertiary/aromatic N) is 2. The van der Waals surface area contributed by atoms with Crippen molar-refractivity contribution in [3.63, 3.8) is 0 Å². The summed E-state index contributed by atoms with van der Waals surface area (Å²) in [6.45, 7) is 0. The summed E-state index contributed by atoms with van der Waals surface area (Å²) < 4.78 is 4.94. The Bertz CT molecular complexity index is 3120. The standard InChI is InChI=1S/C50H32N2/c1-2-11-37(12-3-1)51-47-17-9-7-15-44(47)49-48(51)25-24-43-42-14-6-8-16-46(42)52(50(43)49)38-21-23-41-36(29-38)28-34-19-18-32(30-45(34)41)31-20-22-40-35(26-31)27-33-10-4-5-13-39(33)40/h1-26,29-30H,27-28H2. The van der Waals surface area contributed by atoms with Crippen LogP contribution in [0.4, 0.5) is 0 Å². The van der Waals surface area contributed by atoms with Gasteiger partial charge in [-0.2, -0.15) is 0 Å². The van der Waals surface area contributed by atoms with Crippen LogP contribution in [0, 0.1) is 0 Å². The molecule has 2 aliphatic carbocycles. The topological polar surface area (TPSA) is 9.86 Å². The Labute approximate surface area is 301 Å². The van der Waals surface area contributed by atoms with Crippen LogP contribution in [-0.2, 0) is 12.8 Å². The SMILES string of the molecule is c1ccc(-n2c3ccccc3c3c2ccc2c4ccccc4n(-c4ccc5c(c4)Cc4ccc(-c6ccc7c(c6)Cc6ccccc6-7)cc4-5)c23)cc1. The molecule has 2 heteroatoms. The third-order valence-corrected chi connectivity index (χ3v) is 11.7.